The average molecular weight is 318 g/mol. The molecule has 3 nitrogen and oxygen atoms in total. The minimum Gasteiger partial charge on any atom is -0.365 e. The minimum absolute atomic E-state index is 0.0145. The van der Waals surface area contributed by atoms with Gasteiger partial charge in [0.25, 0.3) is 0 Å². The number of hydrogen-bond donors (Lipinski definition) is 1. The Kier molecular flexibility index (Phi) is 4.52. The third-order valence-corrected chi connectivity index (χ3v) is 4.22. The summed E-state index contributed by atoms with van der Waals surface area (Å²) in [5.41, 5.74) is 4.12. The van der Waals surface area contributed by atoms with Gasteiger partial charge in [-0.3, -0.25) is 4.79 Å². The molecule has 0 aromatic heterocycles. The molecule has 0 saturated carbocycles. The van der Waals surface area contributed by atoms with Crippen molar-refractivity contribution >= 4 is 28.1 Å². The highest BCUT2D eigenvalue weighted by Crippen LogP contribution is 2.21. The number of fused-ring (bicyclic) bond motifs is 1. The van der Waals surface area contributed by atoms with E-state index in [1.54, 1.807) is 0 Å². The van der Waals surface area contributed by atoms with Crippen molar-refractivity contribution in [1.82, 2.24) is 0 Å². The third-order valence-electron chi connectivity index (χ3n) is 4.22. The number of aryl methyl sites for hydroxylation is 2. The lowest BCUT2D eigenvalue weighted by Crippen LogP contribution is -2.30. The zero-order valence-corrected chi connectivity index (χ0v) is 14.3. The highest BCUT2D eigenvalue weighted by Gasteiger charge is 2.10. The lowest BCUT2D eigenvalue weighted by atomic mass is 10.1. The second kappa shape index (κ2) is 6.75. The molecule has 0 atom stereocenters. The van der Waals surface area contributed by atoms with Crippen molar-refractivity contribution in [2.24, 2.45) is 0 Å². The second-order valence-corrected chi connectivity index (χ2v) is 6.25. The molecule has 122 valence electrons. The molecule has 0 spiro atoms. The van der Waals surface area contributed by atoms with Crippen LogP contribution < -0.4 is 10.2 Å². The van der Waals surface area contributed by atoms with Crippen LogP contribution in [-0.2, 0) is 4.79 Å². The first kappa shape index (κ1) is 16.1. The van der Waals surface area contributed by atoms with Crippen LogP contribution >= 0.6 is 0 Å². The number of carbonyl (C=O) groups is 1. The standard InChI is InChI=1S/C21H22N2O/c1-15-8-9-16(2)20(12-15)22-21(24)14-23(3)19-11-10-17-6-4-5-7-18(17)13-19/h4-13H,14H2,1-3H3,(H,22,24). The average Bonchev–Trinajstić information content (AvgIpc) is 2.57. The summed E-state index contributed by atoms with van der Waals surface area (Å²) < 4.78 is 0. The molecular formula is C21H22N2O. The fourth-order valence-electron chi connectivity index (χ4n) is 2.78. The van der Waals surface area contributed by atoms with Crippen molar-refractivity contribution in [2.75, 3.05) is 23.8 Å². The maximum atomic E-state index is 12.4. The zero-order chi connectivity index (χ0) is 17.1. The molecule has 24 heavy (non-hydrogen) atoms. The Balaban J connectivity index is 1.72. The lowest BCUT2D eigenvalue weighted by Gasteiger charge is -2.20. The Bertz CT molecular complexity index is 886. The number of amides is 1. The number of benzene rings is 3. The highest BCUT2D eigenvalue weighted by atomic mass is 16.2. The molecule has 1 amide bonds. The van der Waals surface area contributed by atoms with Crippen molar-refractivity contribution in [1.29, 1.82) is 0 Å². The van der Waals surface area contributed by atoms with Crippen LogP contribution in [0.3, 0.4) is 0 Å². The van der Waals surface area contributed by atoms with E-state index in [0.29, 0.717) is 6.54 Å². The van der Waals surface area contributed by atoms with E-state index in [-0.39, 0.29) is 5.91 Å². The monoisotopic (exact) mass is 318 g/mol. The lowest BCUT2D eigenvalue weighted by molar-refractivity contribution is -0.114. The van der Waals surface area contributed by atoms with E-state index < -0.39 is 0 Å². The molecule has 3 aromatic carbocycles. The Morgan fingerprint density at radius 1 is 0.958 bits per heavy atom. The van der Waals surface area contributed by atoms with Gasteiger partial charge < -0.3 is 10.2 Å². The van der Waals surface area contributed by atoms with Crippen molar-refractivity contribution in [2.45, 2.75) is 13.8 Å². The number of rotatable bonds is 4. The van der Waals surface area contributed by atoms with Crippen LogP contribution in [0, 0.1) is 13.8 Å². The number of carbonyl (C=O) groups excluding carboxylic acids is 1. The third kappa shape index (κ3) is 3.57. The SMILES string of the molecule is Cc1ccc(C)c(NC(=O)CN(C)c2ccc3ccccc3c2)c1. The van der Waals surface area contributed by atoms with Crippen LogP contribution in [0.15, 0.2) is 60.7 Å². The van der Waals surface area contributed by atoms with Gasteiger partial charge in [0, 0.05) is 18.4 Å². The quantitative estimate of drug-likeness (QED) is 0.766. The maximum Gasteiger partial charge on any atom is 0.243 e. The van der Waals surface area contributed by atoms with Gasteiger partial charge in [0.2, 0.25) is 5.91 Å². The fourth-order valence-corrected chi connectivity index (χ4v) is 2.78. The minimum atomic E-state index is -0.0145. The number of anilines is 2. The van der Waals surface area contributed by atoms with E-state index in [9.17, 15) is 4.79 Å². The van der Waals surface area contributed by atoms with Crippen LogP contribution in [0.25, 0.3) is 10.8 Å². The van der Waals surface area contributed by atoms with Gasteiger partial charge in [-0.1, -0.05) is 42.5 Å². The predicted molar refractivity (Wildman–Crippen MR) is 102 cm³/mol. The van der Waals surface area contributed by atoms with Crippen molar-refractivity contribution < 1.29 is 4.79 Å². The maximum absolute atomic E-state index is 12.4. The molecule has 0 unspecified atom stereocenters. The molecule has 0 bridgehead atoms. The highest BCUT2D eigenvalue weighted by molar-refractivity contribution is 5.95. The van der Waals surface area contributed by atoms with Crippen molar-refractivity contribution in [3.05, 3.63) is 71.8 Å². The molecule has 3 heteroatoms. The Morgan fingerprint density at radius 2 is 1.71 bits per heavy atom. The van der Waals surface area contributed by atoms with Gasteiger partial charge in [0.15, 0.2) is 0 Å². The van der Waals surface area contributed by atoms with Gasteiger partial charge >= 0.3 is 0 Å². The van der Waals surface area contributed by atoms with Gasteiger partial charge in [-0.15, -0.1) is 0 Å². The predicted octanol–water partition coefficient (Wildman–Crippen LogP) is 4.53. The van der Waals surface area contributed by atoms with E-state index in [2.05, 4.69) is 29.6 Å². The molecule has 0 aliphatic carbocycles. The molecule has 0 aliphatic rings. The summed E-state index contributed by atoms with van der Waals surface area (Å²) in [6.45, 7) is 4.34. The van der Waals surface area contributed by atoms with Crippen LogP contribution in [0.5, 0.6) is 0 Å². The van der Waals surface area contributed by atoms with E-state index >= 15 is 0 Å². The fraction of sp³-hybridized carbons (Fsp3) is 0.190. The molecular weight excluding hydrogens is 296 g/mol. The zero-order valence-electron chi connectivity index (χ0n) is 14.3. The number of nitrogens with one attached hydrogen (secondary N) is 1. The van der Waals surface area contributed by atoms with Gasteiger partial charge in [0.1, 0.15) is 0 Å². The van der Waals surface area contributed by atoms with Gasteiger partial charge in [-0.25, -0.2) is 0 Å². The van der Waals surface area contributed by atoms with Crippen LogP contribution in [0.1, 0.15) is 11.1 Å². The van der Waals surface area contributed by atoms with E-state index in [0.717, 1.165) is 22.5 Å². The summed E-state index contributed by atoms with van der Waals surface area (Å²) in [6, 6.07) is 20.6. The van der Waals surface area contributed by atoms with Crippen LogP contribution in [0.4, 0.5) is 11.4 Å². The molecule has 0 heterocycles. The first-order chi connectivity index (χ1) is 11.5. The summed E-state index contributed by atoms with van der Waals surface area (Å²) in [6.07, 6.45) is 0. The molecule has 0 aliphatic heterocycles. The van der Waals surface area contributed by atoms with E-state index in [4.69, 9.17) is 0 Å². The normalized spacial score (nSPS) is 10.6. The first-order valence-corrected chi connectivity index (χ1v) is 8.10. The van der Waals surface area contributed by atoms with Gasteiger partial charge in [-0.2, -0.15) is 0 Å². The Labute approximate surface area is 142 Å². The largest absolute Gasteiger partial charge is 0.365 e. The van der Waals surface area contributed by atoms with E-state index in [1.807, 2.05) is 62.2 Å². The van der Waals surface area contributed by atoms with Crippen LogP contribution in [-0.4, -0.2) is 19.5 Å². The van der Waals surface area contributed by atoms with Crippen molar-refractivity contribution in [3.63, 3.8) is 0 Å². The second-order valence-electron chi connectivity index (χ2n) is 6.25. The number of hydrogen-bond acceptors (Lipinski definition) is 2. The molecule has 1 N–H and O–H groups in total. The molecule has 0 fully saturated rings. The summed E-state index contributed by atoms with van der Waals surface area (Å²) in [4.78, 5) is 14.3. The van der Waals surface area contributed by atoms with Gasteiger partial charge in [-0.05, 0) is 53.9 Å². The van der Waals surface area contributed by atoms with E-state index in [1.165, 1.54) is 10.8 Å². The summed E-state index contributed by atoms with van der Waals surface area (Å²) in [5, 5.41) is 5.39. The topological polar surface area (TPSA) is 32.3 Å². The molecule has 3 rings (SSSR count). The number of likely N-dealkylation sites (N-methyl/N-ethyl adjacent to an activating group) is 1. The first-order valence-electron chi connectivity index (χ1n) is 8.10. The Morgan fingerprint density at radius 3 is 2.50 bits per heavy atom. The smallest absolute Gasteiger partial charge is 0.243 e. The van der Waals surface area contributed by atoms with Gasteiger partial charge in [0.05, 0.1) is 6.54 Å². The summed E-state index contributed by atoms with van der Waals surface area (Å²) >= 11 is 0. The summed E-state index contributed by atoms with van der Waals surface area (Å²) in [5.74, 6) is -0.0145. The summed E-state index contributed by atoms with van der Waals surface area (Å²) in [7, 11) is 1.94. The molecule has 3 aromatic rings. The molecule has 0 saturated heterocycles. The Hall–Kier alpha value is -2.81. The molecule has 0 radical (unpaired) electrons. The number of nitrogens with zero attached hydrogens (tertiary/aromatic N) is 1. The van der Waals surface area contributed by atoms with Crippen LogP contribution in [0.2, 0.25) is 0 Å². The van der Waals surface area contributed by atoms with Crippen molar-refractivity contribution in [3.8, 4) is 0 Å².